The SMILES string of the molecule is CCC(N)Cc1noc(C2COc3ccccc3C2)n1. The Morgan fingerprint density at radius 2 is 2.25 bits per heavy atom. The van der Waals surface area contributed by atoms with Gasteiger partial charge < -0.3 is 15.0 Å². The maximum absolute atomic E-state index is 5.91. The lowest BCUT2D eigenvalue weighted by Gasteiger charge is -2.22. The summed E-state index contributed by atoms with van der Waals surface area (Å²) in [7, 11) is 0. The lowest BCUT2D eigenvalue weighted by Crippen LogP contribution is -2.22. The summed E-state index contributed by atoms with van der Waals surface area (Å²) in [6, 6.07) is 8.15. The molecule has 2 heterocycles. The summed E-state index contributed by atoms with van der Waals surface area (Å²) >= 11 is 0. The minimum Gasteiger partial charge on any atom is -0.492 e. The number of fused-ring (bicyclic) bond motifs is 1. The summed E-state index contributed by atoms with van der Waals surface area (Å²) in [6.07, 6.45) is 2.44. The summed E-state index contributed by atoms with van der Waals surface area (Å²) in [5.74, 6) is 2.42. The van der Waals surface area contributed by atoms with Crippen molar-refractivity contribution in [3.05, 3.63) is 41.5 Å². The lowest BCUT2D eigenvalue weighted by atomic mass is 9.97. The zero-order valence-corrected chi connectivity index (χ0v) is 11.6. The highest BCUT2D eigenvalue weighted by molar-refractivity contribution is 5.36. The van der Waals surface area contributed by atoms with Gasteiger partial charge in [-0.1, -0.05) is 30.3 Å². The van der Waals surface area contributed by atoms with E-state index in [0.29, 0.717) is 24.7 Å². The predicted octanol–water partition coefficient (Wildman–Crippen LogP) is 2.07. The number of nitrogens with zero attached hydrogens (tertiary/aromatic N) is 2. The van der Waals surface area contributed by atoms with E-state index in [1.54, 1.807) is 0 Å². The maximum Gasteiger partial charge on any atom is 0.233 e. The molecule has 2 atom stereocenters. The van der Waals surface area contributed by atoms with E-state index in [4.69, 9.17) is 15.0 Å². The first kappa shape index (κ1) is 13.1. The molecule has 0 bridgehead atoms. The van der Waals surface area contributed by atoms with Crippen molar-refractivity contribution < 1.29 is 9.26 Å². The van der Waals surface area contributed by atoms with Crippen molar-refractivity contribution in [1.29, 1.82) is 0 Å². The molecule has 5 heteroatoms. The van der Waals surface area contributed by atoms with Crippen molar-refractivity contribution in [2.45, 2.75) is 38.1 Å². The monoisotopic (exact) mass is 273 g/mol. The first-order valence-electron chi connectivity index (χ1n) is 7.05. The third kappa shape index (κ3) is 2.67. The van der Waals surface area contributed by atoms with Crippen LogP contribution in [-0.4, -0.2) is 22.8 Å². The second kappa shape index (κ2) is 5.63. The number of hydrogen-bond donors (Lipinski definition) is 1. The Morgan fingerprint density at radius 3 is 3.10 bits per heavy atom. The molecule has 20 heavy (non-hydrogen) atoms. The van der Waals surface area contributed by atoms with Gasteiger partial charge in [0.2, 0.25) is 5.89 Å². The van der Waals surface area contributed by atoms with Crippen LogP contribution in [0, 0.1) is 0 Å². The molecule has 1 aliphatic rings. The van der Waals surface area contributed by atoms with Crippen molar-refractivity contribution in [2.75, 3.05) is 6.61 Å². The summed E-state index contributed by atoms with van der Waals surface area (Å²) in [4.78, 5) is 4.46. The molecule has 0 radical (unpaired) electrons. The number of benzene rings is 1. The topological polar surface area (TPSA) is 74.2 Å². The summed E-state index contributed by atoms with van der Waals surface area (Å²) in [5, 5.41) is 4.01. The van der Waals surface area contributed by atoms with Gasteiger partial charge in [0.1, 0.15) is 12.4 Å². The van der Waals surface area contributed by atoms with E-state index in [1.807, 2.05) is 18.2 Å². The molecule has 2 N–H and O–H groups in total. The smallest absolute Gasteiger partial charge is 0.233 e. The van der Waals surface area contributed by atoms with Crippen LogP contribution >= 0.6 is 0 Å². The Labute approximate surface area is 118 Å². The first-order chi connectivity index (χ1) is 9.76. The molecule has 2 aromatic rings. The van der Waals surface area contributed by atoms with Crippen molar-refractivity contribution >= 4 is 0 Å². The molecule has 3 rings (SSSR count). The Kier molecular flexibility index (Phi) is 3.69. The summed E-state index contributed by atoms with van der Waals surface area (Å²) in [5.41, 5.74) is 7.10. The number of nitrogens with two attached hydrogens (primary N) is 1. The fourth-order valence-corrected chi connectivity index (χ4v) is 2.38. The van der Waals surface area contributed by atoms with Crippen LogP contribution in [0.2, 0.25) is 0 Å². The van der Waals surface area contributed by atoms with E-state index < -0.39 is 0 Å². The Morgan fingerprint density at radius 1 is 1.40 bits per heavy atom. The van der Waals surface area contributed by atoms with Crippen LogP contribution in [0.4, 0.5) is 0 Å². The molecule has 0 amide bonds. The molecule has 1 aliphatic heterocycles. The van der Waals surface area contributed by atoms with Crippen molar-refractivity contribution in [3.8, 4) is 5.75 Å². The van der Waals surface area contributed by atoms with Crippen LogP contribution in [0.15, 0.2) is 28.8 Å². The second-order valence-electron chi connectivity index (χ2n) is 5.24. The molecule has 0 spiro atoms. The minimum atomic E-state index is 0.0868. The van der Waals surface area contributed by atoms with Gasteiger partial charge in [0.05, 0.1) is 5.92 Å². The number of para-hydroxylation sites is 1. The van der Waals surface area contributed by atoms with Crippen LogP contribution < -0.4 is 10.5 Å². The molecule has 0 fully saturated rings. The molecule has 0 saturated heterocycles. The van der Waals surface area contributed by atoms with E-state index in [-0.39, 0.29) is 12.0 Å². The highest BCUT2D eigenvalue weighted by atomic mass is 16.5. The number of hydrogen-bond acceptors (Lipinski definition) is 5. The van der Waals surface area contributed by atoms with Crippen molar-refractivity contribution in [3.63, 3.8) is 0 Å². The first-order valence-corrected chi connectivity index (χ1v) is 7.05. The fourth-order valence-electron chi connectivity index (χ4n) is 2.38. The number of aromatic nitrogens is 2. The van der Waals surface area contributed by atoms with Gasteiger partial charge in [-0.3, -0.25) is 0 Å². The van der Waals surface area contributed by atoms with E-state index in [0.717, 1.165) is 18.6 Å². The quantitative estimate of drug-likeness (QED) is 0.923. The molecular formula is C15H19N3O2. The number of ether oxygens (including phenoxy) is 1. The maximum atomic E-state index is 5.91. The molecular weight excluding hydrogens is 254 g/mol. The van der Waals surface area contributed by atoms with Gasteiger partial charge in [0, 0.05) is 12.5 Å². The van der Waals surface area contributed by atoms with Crippen molar-refractivity contribution in [1.82, 2.24) is 10.1 Å². The zero-order chi connectivity index (χ0) is 13.9. The van der Waals surface area contributed by atoms with E-state index >= 15 is 0 Å². The van der Waals surface area contributed by atoms with Crippen molar-refractivity contribution in [2.24, 2.45) is 5.73 Å². The molecule has 2 unspecified atom stereocenters. The largest absolute Gasteiger partial charge is 0.492 e. The fraction of sp³-hybridized carbons (Fsp3) is 0.467. The zero-order valence-electron chi connectivity index (χ0n) is 11.6. The third-order valence-electron chi connectivity index (χ3n) is 3.68. The van der Waals surface area contributed by atoms with Gasteiger partial charge in [-0.05, 0) is 24.5 Å². The summed E-state index contributed by atoms with van der Waals surface area (Å²) in [6.45, 7) is 2.63. The molecule has 1 aromatic heterocycles. The van der Waals surface area contributed by atoms with Gasteiger partial charge in [-0.15, -0.1) is 0 Å². The highest BCUT2D eigenvalue weighted by Crippen LogP contribution is 2.31. The van der Waals surface area contributed by atoms with Gasteiger partial charge in [0.15, 0.2) is 5.82 Å². The molecule has 0 saturated carbocycles. The van der Waals surface area contributed by atoms with Gasteiger partial charge in [-0.2, -0.15) is 4.98 Å². The molecule has 0 aliphatic carbocycles. The van der Waals surface area contributed by atoms with Gasteiger partial charge in [0.25, 0.3) is 0 Å². The summed E-state index contributed by atoms with van der Waals surface area (Å²) < 4.78 is 11.1. The standard InChI is InChI=1S/C15H19N3O2/c1-2-12(16)8-14-17-15(20-18-14)11-7-10-5-3-4-6-13(10)19-9-11/h3-6,11-12H,2,7-9,16H2,1H3. The molecule has 1 aromatic carbocycles. The molecule has 5 nitrogen and oxygen atoms in total. The normalized spacial score (nSPS) is 19.2. The van der Waals surface area contributed by atoms with E-state index in [2.05, 4.69) is 23.1 Å². The Balaban J connectivity index is 1.72. The number of rotatable bonds is 4. The van der Waals surface area contributed by atoms with Crippen LogP contribution in [0.3, 0.4) is 0 Å². The van der Waals surface area contributed by atoms with Crippen LogP contribution in [-0.2, 0) is 12.8 Å². The van der Waals surface area contributed by atoms with Crippen LogP contribution in [0.5, 0.6) is 5.75 Å². The Bertz CT molecular complexity index is 582. The van der Waals surface area contributed by atoms with Gasteiger partial charge in [-0.25, -0.2) is 0 Å². The lowest BCUT2D eigenvalue weighted by molar-refractivity contribution is 0.230. The van der Waals surface area contributed by atoms with Gasteiger partial charge >= 0.3 is 0 Å². The third-order valence-corrected chi connectivity index (χ3v) is 3.68. The van der Waals surface area contributed by atoms with E-state index in [1.165, 1.54) is 5.56 Å². The Hall–Kier alpha value is -1.88. The minimum absolute atomic E-state index is 0.0868. The second-order valence-corrected chi connectivity index (χ2v) is 5.24. The average molecular weight is 273 g/mol. The molecule has 106 valence electrons. The van der Waals surface area contributed by atoms with Crippen LogP contribution in [0.25, 0.3) is 0 Å². The highest BCUT2D eigenvalue weighted by Gasteiger charge is 2.26. The predicted molar refractivity (Wildman–Crippen MR) is 74.7 cm³/mol. The van der Waals surface area contributed by atoms with E-state index in [9.17, 15) is 0 Å². The average Bonchev–Trinajstić information content (AvgIpc) is 2.95. The van der Waals surface area contributed by atoms with Crippen LogP contribution in [0.1, 0.15) is 36.5 Å².